The lowest BCUT2D eigenvalue weighted by Crippen LogP contribution is -2.57. The molecule has 48 heavy (non-hydrogen) atoms. The quantitative estimate of drug-likeness (QED) is 0.357. The molecule has 2 aromatic heterocycles. The van der Waals surface area contributed by atoms with E-state index in [0.29, 0.717) is 26.2 Å². The van der Waals surface area contributed by atoms with E-state index in [-0.39, 0.29) is 42.0 Å². The number of likely N-dealkylation sites (tertiary alicyclic amines) is 4. The zero-order chi connectivity index (χ0) is 33.4. The van der Waals surface area contributed by atoms with Crippen LogP contribution in [0.1, 0.15) is 101 Å². The summed E-state index contributed by atoms with van der Waals surface area (Å²) in [7, 11) is 0. The lowest BCUT2D eigenvalue weighted by atomic mass is 9.98. The number of amides is 3. The maximum atomic E-state index is 14.3. The summed E-state index contributed by atoms with van der Waals surface area (Å²) in [5.74, 6) is 1.52. The number of rotatable bonds is 7. The molecule has 1 aromatic carbocycles. The van der Waals surface area contributed by atoms with Gasteiger partial charge in [0, 0.05) is 26.2 Å². The number of aromatic nitrogens is 4. The van der Waals surface area contributed by atoms with Gasteiger partial charge in [-0.15, -0.1) is 0 Å². The first kappa shape index (κ1) is 32.4. The maximum absolute atomic E-state index is 14.3. The van der Waals surface area contributed by atoms with Gasteiger partial charge in [0.1, 0.15) is 23.3 Å². The van der Waals surface area contributed by atoms with Crippen molar-refractivity contribution in [3.05, 3.63) is 59.9 Å². The van der Waals surface area contributed by atoms with Crippen molar-refractivity contribution in [2.75, 3.05) is 39.3 Å². The van der Waals surface area contributed by atoms with Crippen molar-refractivity contribution in [1.29, 1.82) is 0 Å². The zero-order valence-electron chi connectivity index (χ0n) is 28.4. The minimum atomic E-state index is -0.565. The molecule has 0 unspecified atom stereocenters. The Morgan fingerprint density at radius 2 is 1.38 bits per heavy atom. The van der Waals surface area contributed by atoms with Gasteiger partial charge in [-0.2, -0.15) is 0 Å². The number of hydrogen-bond donors (Lipinski definition) is 2. The Balaban J connectivity index is 1.02. The summed E-state index contributed by atoms with van der Waals surface area (Å²) in [4.78, 5) is 64.5. The number of benzene rings is 1. The number of nitrogens with zero attached hydrogens (tertiary/aromatic N) is 6. The fraction of sp³-hybridized carbons (Fsp3) is 0.583. The van der Waals surface area contributed by atoms with Crippen LogP contribution in [0, 0.1) is 5.92 Å². The molecule has 4 saturated heterocycles. The third-order valence-corrected chi connectivity index (χ3v) is 10.2. The first-order valence-corrected chi connectivity index (χ1v) is 17.6. The maximum Gasteiger partial charge on any atom is 0.410 e. The highest BCUT2D eigenvalue weighted by Crippen LogP contribution is 2.37. The number of nitrogens with one attached hydrogen (secondary N) is 2. The third-order valence-electron chi connectivity index (χ3n) is 10.2. The summed E-state index contributed by atoms with van der Waals surface area (Å²) < 4.78 is 5.45. The Kier molecular flexibility index (Phi) is 9.02. The molecule has 4 aliphatic rings. The largest absolute Gasteiger partial charge is 0.444 e. The van der Waals surface area contributed by atoms with Crippen molar-refractivity contribution in [3.8, 4) is 11.4 Å². The number of hydrogen-bond acceptors (Lipinski definition) is 7. The van der Waals surface area contributed by atoms with Crippen LogP contribution >= 0.6 is 0 Å². The van der Waals surface area contributed by atoms with E-state index in [1.807, 2.05) is 55.0 Å². The number of piperidine rings is 1. The van der Waals surface area contributed by atoms with Crippen molar-refractivity contribution in [2.45, 2.75) is 89.4 Å². The number of carbonyl (C=O) groups excluding carboxylic acids is 3. The summed E-state index contributed by atoms with van der Waals surface area (Å²) in [6, 6.07) is 9.66. The van der Waals surface area contributed by atoms with Crippen molar-refractivity contribution >= 4 is 17.9 Å². The van der Waals surface area contributed by atoms with E-state index in [0.717, 1.165) is 80.2 Å². The van der Waals surface area contributed by atoms with Crippen LogP contribution in [0.3, 0.4) is 0 Å². The fourth-order valence-corrected chi connectivity index (χ4v) is 7.74. The molecule has 0 radical (unpaired) electrons. The molecule has 3 aromatic rings. The predicted octanol–water partition coefficient (Wildman–Crippen LogP) is 5.22. The Morgan fingerprint density at radius 1 is 0.792 bits per heavy atom. The van der Waals surface area contributed by atoms with Crippen LogP contribution in [-0.2, 0) is 14.3 Å². The second kappa shape index (κ2) is 13.4. The van der Waals surface area contributed by atoms with Gasteiger partial charge in [-0.1, -0.05) is 36.8 Å². The van der Waals surface area contributed by atoms with Crippen LogP contribution in [-0.4, -0.2) is 102 Å². The Morgan fingerprint density at radius 3 is 1.98 bits per heavy atom. The molecule has 2 N–H and O–H groups in total. The average molecular weight is 657 g/mol. The van der Waals surface area contributed by atoms with Gasteiger partial charge in [0.2, 0.25) is 11.8 Å². The summed E-state index contributed by atoms with van der Waals surface area (Å²) in [6.45, 7) is 9.53. The van der Waals surface area contributed by atoms with Gasteiger partial charge < -0.3 is 29.4 Å². The molecule has 12 heteroatoms. The lowest BCUT2D eigenvalue weighted by molar-refractivity contribution is -0.141. The van der Waals surface area contributed by atoms with Crippen LogP contribution in [0.5, 0.6) is 0 Å². The van der Waals surface area contributed by atoms with E-state index in [2.05, 4.69) is 27.0 Å². The fourth-order valence-electron chi connectivity index (χ4n) is 7.74. The molecule has 6 heterocycles. The molecule has 0 bridgehead atoms. The molecule has 4 fully saturated rings. The highest BCUT2D eigenvalue weighted by Gasteiger charge is 2.43. The van der Waals surface area contributed by atoms with Crippen molar-refractivity contribution < 1.29 is 19.1 Å². The normalized spacial score (nSPS) is 22.9. The van der Waals surface area contributed by atoms with E-state index in [1.54, 1.807) is 11.1 Å². The van der Waals surface area contributed by atoms with Crippen molar-refractivity contribution in [1.82, 2.24) is 39.5 Å². The first-order chi connectivity index (χ1) is 23.2. The Bertz CT molecular complexity index is 1600. The van der Waals surface area contributed by atoms with E-state index >= 15 is 0 Å². The molecule has 0 spiro atoms. The minimum absolute atomic E-state index is 0.0587. The number of imidazole rings is 2. The second-order valence-corrected chi connectivity index (χ2v) is 14.7. The van der Waals surface area contributed by atoms with E-state index in [1.165, 1.54) is 6.42 Å². The van der Waals surface area contributed by atoms with Gasteiger partial charge in [-0.05, 0) is 77.9 Å². The molecule has 0 saturated carbocycles. The second-order valence-electron chi connectivity index (χ2n) is 14.7. The topological polar surface area (TPSA) is 131 Å². The van der Waals surface area contributed by atoms with Gasteiger partial charge in [0.05, 0.1) is 41.8 Å². The molecule has 256 valence electrons. The van der Waals surface area contributed by atoms with Gasteiger partial charge in [0.25, 0.3) is 0 Å². The summed E-state index contributed by atoms with van der Waals surface area (Å²) >= 11 is 0. The van der Waals surface area contributed by atoms with Crippen molar-refractivity contribution in [3.63, 3.8) is 0 Å². The number of ether oxygens (including phenoxy) is 1. The first-order valence-electron chi connectivity index (χ1n) is 17.6. The smallest absolute Gasteiger partial charge is 0.410 e. The van der Waals surface area contributed by atoms with Crippen molar-refractivity contribution in [2.24, 2.45) is 5.92 Å². The molecular weight excluding hydrogens is 608 g/mol. The summed E-state index contributed by atoms with van der Waals surface area (Å²) in [5.41, 5.74) is 2.10. The molecular formula is C36H48N8O4. The molecule has 0 aliphatic carbocycles. The molecule has 4 aliphatic heterocycles. The van der Waals surface area contributed by atoms with Gasteiger partial charge in [-0.3, -0.25) is 14.5 Å². The van der Waals surface area contributed by atoms with E-state index in [4.69, 9.17) is 14.7 Å². The SMILES string of the molecule is CC(C)(C)OC(=O)N1CC(C(=O)N2CCC[C@H]2c2ncc(-c3cnc([C@@H]4CCCN4C(=O)[C@@H](c4ccccc4)N4CCCCC4)[nH]3)[nH]2)C1. The van der Waals surface area contributed by atoms with Crippen LogP contribution in [0.2, 0.25) is 0 Å². The highest BCUT2D eigenvalue weighted by atomic mass is 16.6. The average Bonchev–Trinajstić information content (AvgIpc) is 3.87. The number of carbonyl (C=O) groups is 3. The lowest BCUT2D eigenvalue weighted by Gasteiger charge is -2.41. The minimum Gasteiger partial charge on any atom is -0.444 e. The number of H-pyrrole nitrogens is 2. The van der Waals surface area contributed by atoms with Crippen LogP contribution < -0.4 is 0 Å². The Labute approximate surface area is 282 Å². The molecule has 3 amide bonds. The standard InChI is InChI=1S/C36H48N8O4/c1-36(2,3)48-35(47)42-22-25(23-42)33(45)43-18-10-14-28(43)31-37-20-26(39-31)27-21-38-32(40-27)29-15-11-19-44(29)34(46)30(24-12-6-4-7-13-24)41-16-8-5-9-17-41/h4,6-7,12-13,20-21,25,28-30H,5,8-11,14-19,22-23H2,1-3H3,(H,37,39)(H,38,40)/t28-,29-,30+/m0/s1. The predicted molar refractivity (Wildman–Crippen MR) is 179 cm³/mol. The number of aromatic amines is 2. The Hall–Kier alpha value is -4.19. The monoisotopic (exact) mass is 656 g/mol. The van der Waals surface area contributed by atoms with Crippen LogP contribution in [0.25, 0.3) is 11.4 Å². The van der Waals surface area contributed by atoms with E-state index in [9.17, 15) is 14.4 Å². The van der Waals surface area contributed by atoms with Crippen LogP contribution in [0.4, 0.5) is 4.79 Å². The van der Waals surface area contributed by atoms with Gasteiger partial charge in [-0.25, -0.2) is 14.8 Å². The van der Waals surface area contributed by atoms with Gasteiger partial charge >= 0.3 is 6.09 Å². The third kappa shape index (κ3) is 6.59. The van der Waals surface area contributed by atoms with E-state index < -0.39 is 5.60 Å². The molecule has 7 rings (SSSR count). The molecule has 3 atom stereocenters. The molecule has 12 nitrogen and oxygen atoms in total. The van der Waals surface area contributed by atoms with Crippen LogP contribution in [0.15, 0.2) is 42.7 Å². The van der Waals surface area contributed by atoms with Gasteiger partial charge in [0.15, 0.2) is 0 Å². The zero-order valence-corrected chi connectivity index (χ0v) is 28.4. The summed E-state index contributed by atoms with van der Waals surface area (Å²) in [5, 5.41) is 0. The summed E-state index contributed by atoms with van der Waals surface area (Å²) in [6.07, 6.45) is 10.2. The highest BCUT2D eigenvalue weighted by molar-refractivity contribution is 5.84.